The van der Waals surface area contributed by atoms with E-state index in [1.807, 2.05) is 37.3 Å². The van der Waals surface area contributed by atoms with Gasteiger partial charge in [-0.15, -0.1) is 0 Å². The fraction of sp³-hybridized carbons (Fsp3) is 0.176. The Bertz CT molecular complexity index is 784. The predicted molar refractivity (Wildman–Crippen MR) is 83.0 cm³/mol. The minimum Gasteiger partial charge on any atom is -0.377 e. The average molecular weight is 299 g/mol. The SMILES string of the molecule is C[C@@H](Nc1cnnc2ccccc12)c1cccc(C(F)F)c1. The number of benzene rings is 2. The van der Waals surface area contributed by atoms with Gasteiger partial charge < -0.3 is 5.32 Å². The summed E-state index contributed by atoms with van der Waals surface area (Å²) in [6.07, 6.45) is -0.814. The van der Waals surface area contributed by atoms with Gasteiger partial charge in [0.15, 0.2) is 0 Å². The Morgan fingerprint density at radius 2 is 1.77 bits per heavy atom. The van der Waals surface area contributed by atoms with E-state index in [2.05, 4.69) is 15.5 Å². The van der Waals surface area contributed by atoms with Crippen molar-refractivity contribution in [2.75, 3.05) is 5.32 Å². The highest BCUT2D eigenvalue weighted by Crippen LogP contribution is 2.27. The highest BCUT2D eigenvalue weighted by Gasteiger charge is 2.12. The number of nitrogens with zero attached hydrogens (tertiary/aromatic N) is 2. The Hall–Kier alpha value is -2.56. The van der Waals surface area contributed by atoms with Gasteiger partial charge in [0.05, 0.1) is 17.4 Å². The molecule has 3 aromatic rings. The van der Waals surface area contributed by atoms with E-state index in [-0.39, 0.29) is 11.6 Å². The van der Waals surface area contributed by atoms with Crippen LogP contribution in [0.1, 0.15) is 30.5 Å². The lowest BCUT2D eigenvalue weighted by Crippen LogP contribution is -2.08. The molecule has 1 atom stereocenters. The number of halogens is 2. The number of rotatable bonds is 4. The van der Waals surface area contributed by atoms with Crippen molar-refractivity contribution in [2.24, 2.45) is 0 Å². The topological polar surface area (TPSA) is 37.8 Å². The van der Waals surface area contributed by atoms with Crippen molar-refractivity contribution in [3.05, 3.63) is 65.9 Å². The van der Waals surface area contributed by atoms with Crippen molar-refractivity contribution in [3.8, 4) is 0 Å². The molecule has 5 heteroatoms. The van der Waals surface area contributed by atoms with E-state index in [9.17, 15) is 8.78 Å². The molecule has 0 amide bonds. The summed E-state index contributed by atoms with van der Waals surface area (Å²) >= 11 is 0. The molecule has 0 spiro atoms. The van der Waals surface area contributed by atoms with Crippen molar-refractivity contribution in [1.29, 1.82) is 0 Å². The Kier molecular flexibility index (Phi) is 3.96. The maximum absolute atomic E-state index is 12.8. The number of nitrogens with one attached hydrogen (secondary N) is 1. The summed E-state index contributed by atoms with van der Waals surface area (Å²) in [6.45, 7) is 1.93. The van der Waals surface area contributed by atoms with Crippen molar-refractivity contribution in [2.45, 2.75) is 19.4 Å². The lowest BCUT2D eigenvalue weighted by atomic mass is 10.0. The number of fused-ring (bicyclic) bond motifs is 1. The summed E-state index contributed by atoms with van der Waals surface area (Å²) in [5.41, 5.74) is 2.46. The van der Waals surface area contributed by atoms with Crippen molar-refractivity contribution >= 4 is 16.6 Å². The zero-order valence-corrected chi connectivity index (χ0v) is 12.0. The number of hydrogen-bond donors (Lipinski definition) is 1. The largest absolute Gasteiger partial charge is 0.377 e. The number of aromatic nitrogens is 2. The Morgan fingerprint density at radius 1 is 1.00 bits per heavy atom. The zero-order chi connectivity index (χ0) is 15.5. The monoisotopic (exact) mass is 299 g/mol. The van der Waals surface area contributed by atoms with Crippen LogP contribution in [0.5, 0.6) is 0 Å². The van der Waals surface area contributed by atoms with E-state index in [4.69, 9.17) is 0 Å². The summed E-state index contributed by atoms with van der Waals surface area (Å²) in [5.74, 6) is 0. The first-order valence-electron chi connectivity index (χ1n) is 7.00. The van der Waals surface area contributed by atoms with Gasteiger partial charge in [0.2, 0.25) is 0 Å². The average Bonchev–Trinajstić information content (AvgIpc) is 2.55. The van der Waals surface area contributed by atoms with E-state index in [1.165, 1.54) is 12.1 Å². The molecule has 0 aliphatic carbocycles. The van der Waals surface area contributed by atoms with E-state index >= 15 is 0 Å². The molecule has 0 bridgehead atoms. The van der Waals surface area contributed by atoms with E-state index in [0.29, 0.717) is 0 Å². The van der Waals surface area contributed by atoms with Crippen LogP contribution < -0.4 is 5.32 Å². The Labute approximate surface area is 127 Å². The highest BCUT2D eigenvalue weighted by atomic mass is 19.3. The van der Waals surface area contributed by atoms with Gasteiger partial charge >= 0.3 is 0 Å². The third kappa shape index (κ3) is 2.88. The Morgan fingerprint density at radius 3 is 2.59 bits per heavy atom. The lowest BCUT2D eigenvalue weighted by Gasteiger charge is -2.17. The van der Waals surface area contributed by atoms with Gasteiger partial charge in [-0.25, -0.2) is 8.78 Å². The third-order valence-electron chi connectivity index (χ3n) is 3.58. The molecule has 0 unspecified atom stereocenters. The lowest BCUT2D eigenvalue weighted by molar-refractivity contribution is 0.151. The van der Waals surface area contributed by atoms with Crippen molar-refractivity contribution < 1.29 is 8.78 Å². The first-order valence-corrected chi connectivity index (χ1v) is 7.00. The smallest absolute Gasteiger partial charge is 0.263 e. The molecule has 0 radical (unpaired) electrons. The van der Waals surface area contributed by atoms with Crippen molar-refractivity contribution in [3.63, 3.8) is 0 Å². The standard InChI is InChI=1S/C17H15F2N3/c1-11(12-5-4-6-13(9-12)17(18)19)21-16-10-20-22-15-8-3-2-7-14(15)16/h2-11,17H,1H3,(H,21,22)/t11-/m1/s1. The molecule has 3 rings (SSSR count). The fourth-order valence-corrected chi connectivity index (χ4v) is 2.40. The van der Waals surface area contributed by atoms with Crippen LogP contribution >= 0.6 is 0 Å². The molecule has 0 fully saturated rings. The molecular formula is C17H15F2N3. The number of anilines is 1. The molecule has 0 saturated carbocycles. The zero-order valence-electron chi connectivity index (χ0n) is 12.0. The van der Waals surface area contributed by atoms with Crippen LogP contribution in [0.25, 0.3) is 10.9 Å². The van der Waals surface area contributed by atoms with Gasteiger partial charge in [0, 0.05) is 17.0 Å². The molecule has 1 N–H and O–H groups in total. The predicted octanol–water partition coefficient (Wildman–Crippen LogP) is 4.74. The normalized spacial score (nSPS) is 12.5. The van der Waals surface area contributed by atoms with Crippen molar-refractivity contribution in [1.82, 2.24) is 10.2 Å². The second-order valence-electron chi connectivity index (χ2n) is 5.11. The molecule has 1 heterocycles. The summed E-state index contributed by atoms with van der Waals surface area (Å²) in [7, 11) is 0. The maximum atomic E-state index is 12.8. The molecule has 112 valence electrons. The van der Waals surface area contributed by atoms with Gasteiger partial charge in [-0.1, -0.05) is 36.4 Å². The van der Waals surface area contributed by atoms with Gasteiger partial charge in [0.1, 0.15) is 0 Å². The molecule has 0 saturated heterocycles. The van der Waals surface area contributed by atoms with Crippen LogP contribution in [0.4, 0.5) is 14.5 Å². The summed E-state index contributed by atoms with van der Waals surface area (Å²) < 4.78 is 25.6. The summed E-state index contributed by atoms with van der Waals surface area (Å²) in [6, 6.07) is 14.0. The minimum atomic E-state index is -2.46. The molecule has 1 aromatic heterocycles. The third-order valence-corrected chi connectivity index (χ3v) is 3.58. The van der Waals surface area contributed by atoms with E-state index < -0.39 is 6.43 Å². The molecule has 0 aliphatic rings. The highest BCUT2D eigenvalue weighted by molar-refractivity contribution is 5.90. The van der Waals surface area contributed by atoms with Crippen LogP contribution in [0, 0.1) is 0 Å². The first kappa shape index (κ1) is 14.4. The molecule has 22 heavy (non-hydrogen) atoms. The maximum Gasteiger partial charge on any atom is 0.263 e. The molecule has 0 aliphatic heterocycles. The van der Waals surface area contributed by atoms with Crippen LogP contribution in [0.3, 0.4) is 0 Å². The Balaban J connectivity index is 1.90. The van der Waals surface area contributed by atoms with Gasteiger partial charge in [-0.3, -0.25) is 0 Å². The minimum absolute atomic E-state index is 0.0314. The van der Waals surface area contributed by atoms with Gasteiger partial charge in [0.25, 0.3) is 6.43 Å². The van der Waals surface area contributed by atoms with Crippen LogP contribution in [0.15, 0.2) is 54.7 Å². The summed E-state index contributed by atoms with van der Waals surface area (Å²) in [4.78, 5) is 0. The number of hydrogen-bond acceptors (Lipinski definition) is 3. The quantitative estimate of drug-likeness (QED) is 0.756. The van der Waals surface area contributed by atoms with E-state index in [0.717, 1.165) is 22.2 Å². The van der Waals surface area contributed by atoms with Crippen LogP contribution in [-0.4, -0.2) is 10.2 Å². The number of alkyl halides is 2. The van der Waals surface area contributed by atoms with Gasteiger partial charge in [-0.05, 0) is 24.6 Å². The summed E-state index contributed by atoms with van der Waals surface area (Å²) in [5, 5.41) is 12.3. The van der Waals surface area contributed by atoms with Crippen LogP contribution in [0.2, 0.25) is 0 Å². The fourth-order valence-electron chi connectivity index (χ4n) is 2.40. The molecule has 3 nitrogen and oxygen atoms in total. The van der Waals surface area contributed by atoms with Crippen LogP contribution in [-0.2, 0) is 0 Å². The van der Waals surface area contributed by atoms with Gasteiger partial charge in [-0.2, -0.15) is 10.2 Å². The second-order valence-corrected chi connectivity index (χ2v) is 5.11. The molecular weight excluding hydrogens is 284 g/mol. The first-order chi connectivity index (χ1) is 10.6. The second kappa shape index (κ2) is 6.05. The molecule has 2 aromatic carbocycles. The van der Waals surface area contributed by atoms with E-state index in [1.54, 1.807) is 12.3 Å².